The van der Waals surface area contributed by atoms with Gasteiger partial charge in [0, 0.05) is 25.9 Å². The van der Waals surface area contributed by atoms with Crippen molar-refractivity contribution in [3.05, 3.63) is 36.2 Å². The number of carbonyl (C=O) groups is 2. The fraction of sp³-hybridized carbons (Fsp3) is 0.444. The quantitative estimate of drug-likeness (QED) is 0.823. The molecule has 3 heterocycles. The molecule has 26 heavy (non-hydrogen) atoms. The van der Waals surface area contributed by atoms with Gasteiger partial charge in [-0.05, 0) is 31.5 Å². The second-order valence-corrected chi connectivity index (χ2v) is 6.63. The van der Waals surface area contributed by atoms with Crippen molar-refractivity contribution in [2.45, 2.75) is 19.4 Å². The van der Waals surface area contributed by atoms with Crippen LogP contribution in [0.25, 0.3) is 11.4 Å². The molecule has 1 aliphatic rings. The summed E-state index contributed by atoms with van der Waals surface area (Å²) < 4.78 is 5.35. The molecular weight excluding hydrogens is 334 g/mol. The van der Waals surface area contributed by atoms with Crippen LogP contribution in [0.5, 0.6) is 0 Å². The number of hydrogen-bond donors (Lipinski definition) is 1. The van der Waals surface area contributed by atoms with Crippen LogP contribution in [0.3, 0.4) is 0 Å². The third-order valence-corrected chi connectivity index (χ3v) is 4.49. The number of rotatable bonds is 6. The van der Waals surface area contributed by atoms with Crippen LogP contribution in [0.1, 0.15) is 18.6 Å². The molecule has 0 spiro atoms. The number of amides is 2. The number of likely N-dealkylation sites (tertiary alicyclic amines) is 1. The Morgan fingerprint density at radius 2 is 2.23 bits per heavy atom. The van der Waals surface area contributed by atoms with E-state index in [4.69, 9.17) is 10.3 Å². The summed E-state index contributed by atoms with van der Waals surface area (Å²) in [5.41, 5.74) is 6.63. The first-order chi connectivity index (χ1) is 12.5. The Morgan fingerprint density at radius 1 is 1.38 bits per heavy atom. The molecule has 0 radical (unpaired) electrons. The topological polar surface area (TPSA) is 106 Å². The molecule has 8 nitrogen and oxygen atoms in total. The summed E-state index contributed by atoms with van der Waals surface area (Å²) in [6.45, 7) is 1.89. The highest BCUT2D eigenvalue weighted by Crippen LogP contribution is 2.21. The van der Waals surface area contributed by atoms with E-state index in [9.17, 15) is 9.59 Å². The molecule has 2 N–H and O–H groups in total. The minimum absolute atomic E-state index is 0.0370. The van der Waals surface area contributed by atoms with Crippen molar-refractivity contribution in [2.24, 2.45) is 11.7 Å². The van der Waals surface area contributed by atoms with Gasteiger partial charge in [-0.3, -0.25) is 19.5 Å². The van der Waals surface area contributed by atoms with E-state index in [1.54, 1.807) is 24.2 Å². The molecule has 2 aromatic heterocycles. The van der Waals surface area contributed by atoms with Crippen LogP contribution < -0.4 is 5.73 Å². The molecule has 1 aliphatic heterocycles. The standard InChI is InChI=1S/C18H23N5O3/c1-22(18(25)13-5-4-8-23(10-13)12-17(19)24)11-14-9-16(21-26-14)15-6-2-3-7-20-15/h2-3,6-7,9,13H,4-5,8,10-12H2,1H3,(H2,19,24)/t13-/m1/s1. The minimum Gasteiger partial charge on any atom is -0.369 e. The number of nitrogens with zero attached hydrogens (tertiary/aromatic N) is 4. The van der Waals surface area contributed by atoms with Gasteiger partial charge in [0.1, 0.15) is 5.69 Å². The predicted octanol–water partition coefficient (Wildman–Crippen LogP) is 0.892. The number of hydrogen-bond acceptors (Lipinski definition) is 6. The van der Waals surface area contributed by atoms with Crippen molar-refractivity contribution in [3.8, 4) is 11.4 Å². The molecule has 0 bridgehead atoms. The van der Waals surface area contributed by atoms with E-state index in [0.29, 0.717) is 24.5 Å². The van der Waals surface area contributed by atoms with Crippen molar-refractivity contribution in [1.82, 2.24) is 19.9 Å². The molecule has 0 aliphatic carbocycles. The number of piperidine rings is 1. The average molecular weight is 357 g/mol. The third kappa shape index (κ3) is 4.45. The molecule has 1 fully saturated rings. The van der Waals surface area contributed by atoms with E-state index in [1.807, 2.05) is 23.1 Å². The van der Waals surface area contributed by atoms with Crippen LogP contribution in [-0.4, -0.2) is 58.4 Å². The summed E-state index contributed by atoms with van der Waals surface area (Å²) >= 11 is 0. The summed E-state index contributed by atoms with van der Waals surface area (Å²) in [6.07, 6.45) is 3.39. The van der Waals surface area contributed by atoms with E-state index in [2.05, 4.69) is 10.1 Å². The molecule has 1 saturated heterocycles. The summed E-state index contributed by atoms with van der Waals surface area (Å²) in [6, 6.07) is 7.37. The predicted molar refractivity (Wildman–Crippen MR) is 94.6 cm³/mol. The lowest BCUT2D eigenvalue weighted by molar-refractivity contribution is -0.137. The highest BCUT2D eigenvalue weighted by Gasteiger charge is 2.29. The lowest BCUT2D eigenvalue weighted by atomic mass is 9.96. The van der Waals surface area contributed by atoms with Crippen molar-refractivity contribution in [2.75, 3.05) is 26.7 Å². The average Bonchev–Trinajstić information content (AvgIpc) is 3.10. The van der Waals surface area contributed by atoms with Crippen LogP contribution in [0.4, 0.5) is 0 Å². The fourth-order valence-electron chi connectivity index (χ4n) is 3.27. The Labute approximate surface area is 151 Å². The number of aromatic nitrogens is 2. The lowest BCUT2D eigenvalue weighted by Gasteiger charge is -2.32. The fourth-order valence-corrected chi connectivity index (χ4v) is 3.27. The normalized spacial score (nSPS) is 17.8. The molecule has 0 unspecified atom stereocenters. The summed E-state index contributed by atoms with van der Waals surface area (Å²) in [5, 5.41) is 4.02. The van der Waals surface area contributed by atoms with Crippen molar-refractivity contribution in [1.29, 1.82) is 0 Å². The zero-order valence-corrected chi connectivity index (χ0v) is 14.8. The highest BCUT2D eigenvalue weighted by molar-refractivity contribution is 5.79. The molecule has 0 saturated carbocycles. The molecule has 138 valence electrons. The zero-order chi connectivity index (χ0) is 18.5. The van der Waals surface area contributed by atoms with Gasteiger partial charge in [-0.2, -0.15) is 0 Å². The Morgan fingerprint density at radius 3 is 2.96 bits per heavy atom. The maximum atomic E-state index is 12.7. The first-order valence-electron chi connectivity index (χ1n) is 8.65. The molecule has 0 aromatic carbocycles. The molecule has 8 heteroatoms. The van der Waals surface area contributed by atoms with Gasteiger partial charge >= 0.3 is 0 Å². The second-order valence-electron chi connectivity index (χ2n) is 6.63. The summed E-state index contributed by atoms with van der Waals surface area (Å²) in [4.78, 5) is 31.6. The third-order valence-electron chi connectivity index (χ3n) is 4.49. The van der Waals surface area contributed by atoms with Crippen LogP contribution >= 0.6 is 0 Å². The molecular formula is C18H23N5O3. The summed E-state index contributed by atoms with van der Waals surface area (Å²) in [7, 11) is 1.75. The second kappa shape index (κ2) is 8.09. The Hall–Kier alpha value is -2.74. The van der Waals surface area contributed by atoms with Gasteiger partial charge < -0.3 is 15.2 Å². The van der Waals surface area contributed by atoms with Crippen LogP contribution in [0.2, 0.25) is 0 Å². The smallest absolute Gasteiger partial charge is 0.231 e. The van der Waals surface area contributed by atoms with E-state index in [1.165, 1.54) is 0 Å². The largest absolute Gasteiger partial charge is 0.369 e. The Kier molecular flexibility index (Phi) is 5.62. The van der Waals surface area contributed by atoms with E-state index >= 15 is 0 Å². The van der Waals surface area contributed by atoms with E-state index in [0.717, 1.165) is 25.1 Å². The van der Waals surface area contributed by atoms with Gasteiger partial charge in [0.15, 0.2) is 5.76 Å². The molecule has 2 aromatic rings. The van der Waals surface area contributed by atoms with Gasteiger partial charge in [0.25, 0.3) is 0 Å². The highest BCUT2D eigenvalue weighted by atomic mass is 16.5. The Bertz CT molecular complexity index is 761. The minimum atomic E-state index is -0.366. The SMILES string of the molecule is CN(Cc1cc(-c2ccccn2)no1)C(=O)[C@@H]1CCCN(CC(N)=O)C1. The van der Waals surface area contributed by atoms with Crippen LogP contribution in [0.15, 0.2) is 35.0 Å². The maximum Gasteiger partial charge on any atom is 0.231 e. The van der Waals surface area contributed by atoms with Crippen LogP contribution in [-0.2, 0) is 16.1 Å². The molecule has 3 rings (SSSR count). The summed E-state index contributed by atoms with van der Waals surface area (Å²) in [5.74, 6) is 0.141. The first-order valence-corrected chi connectivity index (χ1v) is 8.65. The van der Waals surface area contributed by atoms with Gasteiger partial charge in [0.05, 0.1) is 24.7 Å². The molecule has 2 amide bonds. The van der Waals surface area contributed by atoms with Gasteiger partial charge in [-0.15, -0.1) is 0 Å². The van der Waals surface area contributed by atoms with Gasteiger partial charge in [-0.25, -0.2) is 0 Å². The Balaban J connectivity index is 1.59. The van der Waals surface area contributed by atoms with Crippen molar-refractivity contribution < 1.29 is 14.1 Å². The first kappa shape index (κ1) is 18.1. The number of pyridine rings is 1. The number of nitrogens with two attached hydrogens (primary N) is 1. The number of carbonyl (C=O) groups excluding carboxylic acids is 2. The zero-order valence-electron chi connectivity index (χ0n) is 14.8. The lowest BCUT2D eigenvalue weighted by Crippen LogP contribution is -2.45. The van der Waals surface area contributed by atoms with Gasteiger partial charge in [0.2, 0.25) is 11.8 Å². The number of primary amides is 1. The van der Waals surface area contributed by atoms with E-state index < -0.39 is 0 Å². The van der Waals surface area contributed by atoms with Crippen LogP contribution in [0, 0.1) is 5.92 Å². The van der Waals surface area contributed by atoms with Crippen molar-refractivity contribution in [3.63, 3.8) is 0 Å². The van der Waals surface area contributed by atoms with E-state index in [-0.39, 0.29) is 24.3 Å². The monoisotopic (exact) mass is 357 g/mol. The van der Waals surface area contributed by atoms with Gasteiger partial charge in [-0.1, -0.05) is 11.2 Å². The van der Waals surface area contributed by atoms with Crippen molar-refractivity contribution >= 4 is 11.8 Å². The molecule has 1 atom stereocenters. The maximum absolute atomic E-state index is 12.7.